The van der Waals surface area contributed by atoms with E-state index in [1.807, 2.05) is 18.2 Å². The molecule has 0 radical (unpaired) electrons. The van der Waals surface area contributed by atoms with Gasteiger partial charge < -0.3 is 9.47 Å². The van der Waals surface area contributed by atoms with Crippen LogP contribution in [0.4, 0.5) is 5.69 Å². The summed E-state index contributed by atoms with van der Waals surface area (Å²) in [5.41, 5.74) is 3.10. The maximum Gasteiger partial charge on any atom is 0.179 e. The van der Waals surface area contributed by atoms with Crippen LogP contribution in [0.15, 0.2) is 42.5 Å². The van der Waals surface area contributed by atoms with E-state index in [0.717, 1.165) is 33.9 Å². The molecule has 8 heteroatoms. The van der Waals surface area contributed by atoms with E-state index in [4.69, 9.17) is 5.26 Å². The molecule has 1 atom stereocenters. The second-order valence-electron chi connectivity index (χ2n) is 7.50. The Morgan fingerprint density at radius 3 is 2.61 bits per heavy atom. The van der Waals surface area contributed by atoms with Gasteiger partial charge in [-0.15, -0.1) is 0 Å². The minimum atomic E-state index is -3.09. The molecule has 28 heavy (non-hydrogen) atoms. The average molecular weight is 398 g/mol. The molecule has 3 heterocycles. The van der Waals surface area contributed by atoms with Crippen molar-refractivity contribution in [1.29, 1.82) is 5.26 Å². The summed E-state index contributed by atoms with van der Waals surface area (Å²) < 4.78 is 27.8. The van der Waals surface area contributed by atoms with Crippen LogP contribution in [-0.2, 0) is 7.05 Å². The van der Waals surface area contributed by atoms with Gasteiger partial charge in [0.25, 0.3) is 0 Å². The van der Waals surface area contributed by atoms with E-state index < -0.39 is 11.0 Å². The van der Waals surface area contributed by atoms with Crippen molar-refractivity contribution >= 4 is 38.5 Å². The van der Waals surface area contributed by atoms with Crippen molar-refractivity contribution in [2.24, 2.45) is 7.05 Å². The Balaban J connectivity index is 1.52. The lowest BCUT2D eigenvalue weighted by Gasteiger charge is -2.45. The van der Waals surface area contributed by atoms with E-state index in [1.54, 1.807) is 13.5 Å². The van der Waals surface area contributed by atoms with Crippen molar-refractivity contribution in [2.75, 3.05) is 30.5 Å². The molecule has 2 aliphatic heterocycles. The molecule has 3 aromatic rings. The monoisotopic (exact) mass is 397 g/mol. The van der Waals surface area contributed by atoms with E-state index in [-0.39, 0.29) is 6.04 Å². The number of nitriles is 1. The van der Waals surface area contributed by atoms with Crippen LogP contribution in [0.3, 0.4) is 0 Å². The van der Waals surface area contributed by atoms with E-state index in [0.29, 0.717) is 26.2 Å². The standard InChI is InChI=1S/C20H23N5O2S/c1-22-19-5-3-2-4-17(19)18-12-15(6-7-20(18)22)24-10-11-25(28(24,26)27)16-8-9-23(13-16)14-21/h2-7,12,16,26-27H,8-11,13H2,1H3. The molecule has 146 valence electrons. The normalized spacial score (nSPS) is 23.6. The van der Waals surface area contributed by atoms with Crippen molar-refractivity contribution in [3.63, 3.8) is 0 Å². The Morgan fingerprint density at radius 1 is 1.04 bits per heavy atom. The number of hydrogen-bond acceptors (Lipinski definition) is 6. The highest BCUT2D eigenvalue weighted by atomic mass is 32.3. The SMILES string of the molecule is Cn1c2ccccc2c2cc(N3CCN(C4CCN(C#N)C4)S3(O)O)ccc21. The molecule has 2 aromatic carbocycles. The van der Waals surface area contributed by atoms with Crippen LogP contribution in [0.25, 0.3) is 21.8 Å². The summed E-state index contributed by atoms with van der Waals surface area (Å²) >= 11 is 0. The van der Waals surface area contributed by atoms with E-state index in [1.165, 1.54) is 0 Å². The zero-order chi connectivity index (χ0) is 19.5. The summed E-state index contributed by atoms with van der Waals surface area (Å²) in [6.07, 6.45) is 2.94. The van der Waals surface area contributed by atoms with Gasteiger partial charge in [0.1, 0.15) is 0 Å². The van der Waals surface area contributed by atoms with Gasteiger partial charge in [0.2, 0.25) is 0 Å². The molecule has 0 spiro atoms. The smallest absolute Gasteiger partial charge is 0.179 e. The molecule has 0 saturated carbocycles. The second-order valence-corrected chi connectivity index (χ2v) is 9.39. The molecular formula is C20H23N5O2S. The van der Waals surface area contributed by atoms with Crippen molar-refractivity contribution < 1.29 is 9.11 Å². The first-order valence-corrected chi connectivity index (χ1v) is 10.9. The minimum absolute atomic E-state index is 0.00376. The maximum absolute atomic E-state index is 11.1. The summed E-state index contributed by atoms with van der Waals surface area (Å²) in [4.78, 5) is 1.69. The number of para-hydroxylation sites is 1. The summed E-state index contributed by atoms with van der Waals surface area (Å²) in [7, 11) is -1.04. The van der Waals surface area contributed by atoms with Crippen LogP contribution in [0.1, 0.15) is 6.42 Å². The van der Waals surface area contributed by atoms with Crippen LogP contribution in [0.2, 0.25) is 0 Å². The Hall–Kier alpha value is -2.44. The molecule has 0 amide bonds. The number of likely N-dealkylation sites (tertiary alicyclic amines) is 1. The minimum Gasteiger partial charge on any atom is -0.344 e. The van der Waals surface area contributed by atoms with Crippen molar-refractivity contribution in [2.45, 2.75) is 12.5 Å². The Kier molecular flexibility index (Phi) is 3.96. The largest absolute Gasteiger partial charge is 0.344 e. The van der Waals surface area contributed by atoms with E-state index >= 15 is 0 Å². The fraction of sp³-hybridized carbons (Fsp3) is 0.350. The fourth-order valence-corrected chi connectivity index (χ4v) is 6.47. The van der Waals surface area contributed by atoms with Gasteiger partial charge in [0.15, 0.2) is 6.19 Å². The van der Waals surface area contributed by atoms with Crippen molar-refractivity contribution in [3.05, 3.63) is 42.5 Å². The summed E-state index contributed by atoms with van der Waals surface area (Å²) in [5, 5.41) is 11.4. The highest BCUT2D eigenvalue weighted by molar-refractivity contribution is 8.23. The number of rotatable bonds is 2. The first kappa shape index (κ1) is 17.6. The van der Waals surface area contributed by atoms with E-state index in [9.17, 15) is 9.11 Å². The quantitative estimate of drug-likeness (QED) is 0.644. The Morgan fingerprint density at radius 2 is 1.82 bits per heavy atom. The third kappa shape index (κ3) is 2.48. The van der Waals surface area contributed by atoms with Crippen LogP contribution in [0, 0.1) is 11.5 Å². The summed E-state index contributed by atoms with van der Waals surface area (Å²) in [6, 6.07) is 14.3. The number of hydrogen-bond donors (Lipinski definition) is 2. The van der Waals surface area contributed by atoms with Gasteiger partial charge in [-0.05, 0) is 30.7 Å². The molecule has 2 N–H and O–H groups in total. The molecule has 5 rings (SSSR count). The fourth-order valence-electron chi connectivity index (χ4n) is 4.59. The van der Waals surface area contributed by atoms with Gasteiger partial charge in [0.05, 0.1) is 18.3 Å². The van der Waals surface area contributed by atoms with Gasteiger partial charge in [-0.1, -0.05) is 29.2 Å². The van der Waals surface area contributed by atoms with Crippen LogP contribution < -0.4 is 4.31 Å². The molecule has 0 aliphatic carbocycles. The van der Waals surface area contributed by atoms with Crippen molar-refractivity contribution in [1.82, 2.24) is 13.8 Å². The number of aromatic nitrogens is 1. The first-order valence-electron chi connectivity index (χ1n) is 9.45. The number of benzene rings is 2. The zero-order valence-corrected chi connectivity index (χ0v) is 16.5. The maximum atomic E-state index is 11.1. The lowest BCUT2D eigenvalue weighted by atomic mass is 10.1. The average Bonchev–Trinajstić information content (AvgIpc) is 3.37. The highest BCUT2D eigenvalue weighted by Crippen LogP contribution is 2.55. The number of anilines is 1. The Labute approximate surface area is 165 Å². The third-order valence-electron chi connectivity index (χ3n) is 6.03. The van der Waals surface area contributed by atoms with Gasteiger partial charge in [-0.3, -0.25) is 13.4 Å². The van der Waals surface area contributed by atoms with Crippen LogP contribution in [-0.4, -0.2) is 55.1 Å². The topological polar surface area (TPSA) is 78.9 Å². The second kappa shape index (κ2) is 6.29. The molecular weight excluding hydrogens is 374 g/mol. The van der Waals surface area contributed by atoms with Gasteiger partial charge in [0, 0.05) is 48.5 Å². The number of aryl methyl sites for hydroxylation is 1. The lowest BCUT2D eigenvalue weighted by molar-refractivity contribution is 0.310. The van der Waals surface area contributed by atoms with Crippen LogP contribution in [0.5, 0.6) is 0 Å². The Bertz CT molecular complexity index is 1110. The number of fused-ring (bicyclic) bond motifs is 3. The predicted octanol–water partition coefficient (Wildman–Crippen LogP) is 3.59. The molecule has 1 aromatic heterocycles. The summed E-state index contributed by atoms with van der Waals surface area (Å²) in [5.74, 6) is 0. The van der Waals surface area contributed by atoms with Gasteiger partial charge >= 0.3 is 0 Å². The van der Waals surface area contributed by atoms with Gasteiger partial charge in [-0.25, -0.2) is 0 Å². The highest BCUT2D eigenvalue weighted by Gasteiger charge is 2.43. The molecule has 2 saturated heterocycles. The summed E-state index contributed by atoms with van der Waals surface area (Å²) in [6.45, 7) is 2.37. The lowest BCUT2D eigenvalue weighted by Crippen LogP contribution is -2.38. The molecule has 2 fully saturated rings. The number of nitrogens with zero attached hydrogens (tertiary/aromatic N) is 5. The van der Waals surface area contributed by atoms with Gasteiger partial charge in [-0.2, -0.15) is 9.57 Å². The zero-order valence-electron chi connectivity index (χ0n) is 15.7. The molecule has 1 unspecified atom stereocenters. The third-order valence-corrected chi connectivity index (χ3v) is 8.13. The molecule has 7 nitrogen and oxygen atoms in total. The first-order chi connectivity index (χ1) is 13.5. The van der Waals surface area contributed by atoms with E-state index in [2.05, 4.69) is 42.1 Å². The molecule has 2 aliphatic rings. The van der Waals surface area contributed by atoms with Crippen molar-refractivity contribution in [3.8, 4) is 6.19 Å². The predicted molar refractivity (Wildman–Crippen MR) is 113 cm³/mol. The van der Waals surface area contributed by atoms with Crippen LogP contribution >= 0.6 is 11.0 Å². The molecule has 0 bridgehead atoms.